The van der Waals surface area contributed by atoms with Gasteiger partial charge in [0.15, 0.2) is 9.84 Å². The molecule has 19 heavy (non-hydrogen) atoms. The minimum absolute atomic E-state index is 0.0916. The Morgan fingerprint density at radius 1 is 1.32 bits per heavy atom. The lowest BCUT2D eigenvalue weighted by Crippen LogP contribution is -2.42. The number of sulfone groups is 1. The number of nitrogens with one attached hydrogen (secondary N) is 1. The Labute approximate surface area is 115 Å². The summed E-state index contributed by atoms with van der Waals surface area (Å²) in [5.41, 5.74) is -0.195. The van der Waals surface area contributed by atoms with E-state index in [2.05, 4.69) is 5.32 Å². The molecule has 0 aliphatic rings. The number of hydrogen-bond donors (Lipinski definition) is 2. The third-order valence-electron chi connectivity index (χ3n) is 3.13. The fourth-order valence-corrected chi connectivity index (χ4v) is 2.95. The molecule has 0 fully saturated rings. The highest BCUT2D eigenvalue weighted by atomic mass is 32.2. The second kappa shape index (κ2) is 6.50. The maximum atomic E-state index is 11.5. The van der Waals surface area contributed by atoms with Crippen LogP contribution >= 0.6 is 0 Å². The van der Waals surface area contributed by atoms with Crippen molar-refractivity contribution in [2.45, 2.75) is 32.4 Å². The van der Waals surface area contributed by atoms with Gasteiger partial charge in [0.2, 0.25) is 0 Å². The molecule has 1 aromatic carbocycles. The van der Waals surface area contributed by atoms with E-state index in [1.54, 1.807) is 13.8 Å². The summed E-state index contributed by atoms with van der Waals surface area (Å²) in [5, 5.41) is 13.5. The molecule has 0 saturated heterocycles. The molecule has 0 spiro atoms. The molecule has 0 aliphatic heterocycles. The highest BCUT2D eigenvalue weighted by molar-refractivity contribution is 7.91. The van der Waals surface area contributed by atoms with Crippen LogP contribution < -0.4 is 5.32 Å². The zero-order chi connectivity index (χ0) is 14.5. The molecule has 2 atom stereocenters. The van der Waals surface area contributed by atoms with Crippen molar-refractivity contribution in [2.75, 3.05) is 18.1 Å². The van der Waals surface area contributed by atoms with Crippen LogP contribution in [0.3, 0.4) is 0 Å². The van der Waals surface area contributed by atoms with Crippen molar-refractivity contribution in [1.82, 2.24) is 5.32 Å². The lowest BCUT2D eigenvalue weighted by molar-refractivity contribution is 0.0550. The van der Waals surface area contributed by atoms with Gasteiger partial charge in [-0.2, -0.15) is 0 Å². The van der Waals surface area contributed by atoms with Gasteiger partial charge in [-0.15, -0.1) is 0 Å². The van der Waals surface area contributed by atoms with E-state index in [-0.39, 0.29) is 17.5 Å². The van der Waals surface area contributed by atoms with Crippen LogP contribution in [0.25, 0.3) is 0 Å². The SMILES string of the molecule is CCS(=O)(=O)CC(C)NCC(C)(O)c1ccccc1. The van der Waals surface area contributed by atoms with Crippen LogP contribution in [0.1, 0.15) is 26.3 Å². The van der Waals surface area contributed by atoms with E-state index < -0.39 is 15.4 Å². The Morgan fingerprint density at radius 3 is 2.42 bits per heavy atom. The third kappa shape index (κ3) is 5.30. The first kappa shape index (κ1) is 16.1. The normalized spacial score (nSPS) is 16.8. The second-order valence-electron chi connectivity index (χ2n) is 5.12. The van der Waals surface area contributed by atoms with Gasteiger partial charge < -0.3 is 10.4 Å². The van der Waals surface area contributed by atoms with Crippen molar-refractivity contribution in [3.63, 3.8) is 0 Å². The lowest BCUT2D eigenvalue weighted by atomic mass is 9.96. The summed E-state index contributed by atoms with van der Waals surface area (Å²) in [6, 6.07) is 9.16. The van der Waals surface area contributed by atoms with Crippen molar-refractivity contribution >= 4 is 9.84 Å². The van der Waals surface area contributed by atoms with E-state index in [4.69, 9.17) is 0 Å². The van der Waals surface area contributed by atoms with Gasteiger partial charge in [-0.1, -0.05) is 37.3 Å². The van der Waals surface area contributed by atoms with Crippen LogP contribution in [0.2, 0.25) is 0 Å². The van der Waals surface area contributed by atoms with Crippen molar-refractivity contribution < 1.29 is 13.5 Å². The molecule has 2 unspecified atom stereocenters. The van der Waals surface area contributed by atoms with Crippen LogP contribution in [-0.2, 0) is 15.4 Å². The largest absolute Gasteiger partial charge is 0.384 e. The van der Waals surface area contributed by atoms with E-state index in [1.807, 2.05) is 37.3 Å². The van der Waals surface area contributed by atoms with Gasteiger partial charge in [0.25, 0.3) is 0 Å². The van der Waals surface area contributed by atoms with E-state index in [9.17, 15) is 13.5 Å². The van der Waals surface area contributed by atoms with E-state index in [0.29, 0.717) is 6.54 Å². The molecule has 4 nitrogen and oxygen atoms in total. The van der Waals surface area contributed by atoms with Crippen molar-refractivity contribution in [3.8, 4) is 0 Å². The number of rotatable bonds is 7. The highest BCUT2D eigenvalue weighted by Gasteiger charge is 2.24. The molecule has 0 aromatic heterocycles. The summed E-state index contributed by atoms with van der Waals surface area (Å²) in [4.78, 5) is 0. The summed E-state index contributed by atoms with van der Waals surface area (Å²) in [6.07, 6.45) is 0. The van der Waals surface area contributed by atoms with Gasteiger partial charge in [-0.05, 0) is 19.4 Å². The van der Waals surface area contributed by atoms with Gasteiger partial charge in [0, 0.05) is 18.3 Å². The van der Waals surface area contributed by atoms with Crippen LogP contribution in [0, 0.1) is 0 Å². The molecule has 108 valence electrons. The first-order chi connectivity index (χ1) is 8.77. The smallest absolute Gasteiger partial charge is 0.151 e. The van der Waals surface area contributed by atoms with Crippen LogP contribution in [0.4, 0.5) is 0 Å². The summed E-state index contributed by atoms with van der Waals surface area (Å²) in [7, 11) is -3.00. The third-order valence-corrected chi connectivity index (χ3v) is 5.02. The van der Waals surface area contributed by atoms with Crippen molar-refractivity contribution in [1.29, 1.82) is 0 Å². The van der Waals surface area contributed by atoms with E-state index >= 15 is 0 Å². The Morgan fingerprint density at radius 2 is 1.89 bits per heavy atom. The van der Waals surface area contributed by atoms with Crippen LogP contribution in [-0.4, -0.2) is 37.6 Å². The average Bonchev–Trinajstić information content (AvgIpc) is 2.37. The molecule has 0 bridgehead atoms. The molecule has 1 rings (SSSR count). The maximum absolute atomic E-state index is 11.5. The molecular formula is C14H23NO3S. The van der Waals surface area contributed by atoms with E-state index in [0.717, 1.165) is 5.56 Å². The number of hydrogen-bond acceptors (Lipinski definition) is 4. The number of benzene rings is 1. The molecule has 2 N–H and O–H groups in total. The first-order valence-electron chi connectivity index (χ1n) is 6.48. The molecule has 0 amide bonds. The quantitative estimate of drug-likeness (QED) is 0.792. The van der Waals surface area contributed by atoms with Gasteiger partial charge in [-0.3, -0.25) is 0 Å². The Hall–Kier alpha value is -0.910. The van der Waals surface area contributed by atoms with Crippen LogP contribution in [0.15, 0.2) is 30.3 Å². The fraction of sp³-hybridized carbons (Fsp3) is 0.571. The summed E-state index contributed by atoms with van der Waals surface area (Å²) in [5.74, 6) is 0.239. The molecule has 0 heterocycles. The topological polar surface area (TPSA) is 66.4 Å². The van der Waals surface area contributed by atoms with Gasteiger partial charge in [-0.25, -0.2) is 8.42 Å². The van der Waals surface area contributed by atoms with Crippen molar-refractivity contribution in [2.24, 2.45) is 0 Å². The van der Waals surface area contributed by atoms with Crippen molar-refractivity contribution in [3.05, 3.63) is 35.9 Å². The minimum atomic E-state index is -3.00. The number of aliphatic hydroxyl groups is 1. The molecule has 1 aromatic rings. The monoisotopic (exact) mass is 285 g/mol. The summed E-state index contributed by atoms with van der Waals surface area (Å²) in [6.45, 7) is 5.49. The molecule has 0 aliphatic carbocycles. The van der Waals surface area contributed by atoms with Gasteiger partial charge in [0.1, 0.15) is 0 Å². The second-order valence-corrected chi connectivity index (χ2v) is 7.52. The zero-order valence-corrected chi connectivity index (χ0v) is 12.6. The molecular weight excluding hydrogens is 262 g/mol. The Bertz CT molecular complexity index is 483. The standard InChI is InChI=1S/C14H23NO3S/c1-4-19(17,18)10-12(2)15-11-14(3,16)13-8-6-5-7-9-13/h5-9,12,15-16H,4,10-11H2,1-3H3. The molecule has 0 radical (unpaired) electrons. The molecule has 0 saturated carbocycles. The van der Waals surface area contributed by atoms with Gasteiger partial charge in [0.05, 0.1) is 11.4 Å². The minimum Gasteiger partial charge on any atom is -0.384 e. The van der Waals surface area contributed by atoms with Crippen LogP contribution in [0.5, 0.6) is 0 Å². The fourth-order valence-electron chi connectivity index (χ4n) is 1.83. The summed E-state index contributed by atoms with van der Waals surface area (Å²) < 4.78 is 23.0. The Balaban J connectivity index is 2.57. The highest BCUT2D eigenvalue weighted by Crippen LogP contribution is 2.19. The Kier molecular flexibility index (Phi) is 5.52. The van der Waals surface area contributed by atoms with Gasteiger partial charge >= 0.3 is 0 Å². The predicted octanol–water partition coefficient (Wildman–Crippen LogP) is 1.31. The maximum Gasteiger partial charge on any atom is 0.151 e. The lowest BCUT2D eigenvalue weighted by Gasteiger charge is -2.26. The predicted molar refractivity (Wildman–Crippen MR) is 77.8 cm³/mol. The van der Waals surface area contributed by atoms with E-state index in [1.165, 1.54) is 0 Å². The first-order valence-corrected chi connectivity index (χ1v) is 8.30. The molecule has 5 heteroatoms. The zero-order valence-electron chi connectivity index (χ0n) is 11.8. The summed E-state index contributed by atoms with van der Waals surface area (Å²) >= 11 is 0. The average molecular weight is 285 g/mol.